The van der Waals surface area contributed by atoms with Crippen molar-refractivity contribution in [3.8, 4) is 17.2 Å². The molecule has 0 spiro atoms. The molecule has 0 aliphatic heterocycles. The summed E-state index contributed by atoms with van der Waals surface area (Å²) in [5.41, 5.74) is 2.32. The lowest BCUT2D eigenvalue weighted by Crippen LogP contribution is -2.17. The summed E-state index contributed by atoms with van der Waals surface area (Å²) < 4.78 is 16.5. The van der Waals surface area contributed by atoms with Gasteiger partial charge in [-0.3, -0.25) is 0 Å². The van der Waals surface area contributed by atoms with Gasteiger partial charge in [0.2, 0.25) is 0 Å². The summed E-state index contributed by atoms with van der Waals surface area (Å²) in [4.78, 5) is 0. The third kappa shape index (κ3) is 5.96. The molecule has 0 bridgehead atoms. The van der Waals surface area contributed by atoms with E-state index in [1.165, 1.54) is 5.56 Å². The molecule has 5 nitrogen and oxygen atoms in total. The van der Waals surface area contributed by atoms with Gasteiger partial charge in [-0.2, -0.15) is 0 Å². The van der Waals surface area contributed by atoms with Crippen LogP contribution in [0.2, 0.25) is 0 Å². The molecular weight excluding hydrogens is 318 g/mol. The fourth-order valence-electron chi connectivity index (χ4n) is 2.57. The molecule has 2 aromatic rings. The van der Waals surface area contributed by atoms with Crippen LogP contribution >= 0.6 is 0 Å². The Bertz CT molecular complexity index is 645. The quantitative estimate of drug-likeness (QED) is 0.613. The van der Waals surface area contributed by atoms with Crippen LogP contribution in [-0.2, 0) is 13.0 Å². The number of aliphatic hydroxyl groups excluding tert-OH is 1. The minimum absolute atomic E-state index is 0.0161. The highest BCUT2D eigenvalue weighted by atomic mass is 16.5. The van der Waals surface area contributed by atoms with Gasteiger partial charge in [0.25, 0.3) is 0 Å². The zero-order valence-corrected chi connectivity index (χ0v) is 15.0. The van der Waals surface area contributed by atoms with Crippen LogP contribution in [0.3, 0.4) is 0 Å². The highest BCUT2D eigenvalue weighted by Crippen LogP contribution is 2.28. The van der Waals surface area contributed by atoms with Crippen molar-refractivity contribution in [3.63, 3.8) is 0 Å². The molecule has 5 heteroatoms. The predicted molar refractivity (Wildman–Crippen MR) is 98.6 cm³/mol. The molecule has 0 aliphatic rings. The third-order valence-electron chi connectivity index (χ3n) is 3.75. The second-order valence-electron chi connectivity index (χ2n) is 5.52. The fourth-order valence-corrected chi connectivity index (χ4v) is 2.57. The van der Waals surface area contributed by atoms with E-state index >= 15 is 0 Å². The van der Waals surface area contributed by atoms with E-state index in [0.29, 0.717) is 18.1 Å². The van der Waals surface area contributed by atoms with Gasteiger partial charge in [0.05, 0.1) is 20.3 Å². The highest BCUT2D eigenvalue weighted by molar-refractivity contribution is 5.43. The minimum Gasteiger partial charge on any atom is -0.496 e. The lowest BCUT2D eigenvalue weighted by molar-refractivity contribution is 0.194. The Kier molecular flexibility index (Phi) is 8.09. The molecule has 0 radical (unpaired) electrons. The van der Waals surface area contributed by atoms with Gasteiger partial charge in [-0.05, 0) is 49.2 Å². The Hall–Kier alpha value is -2.24. The lowest BCUT2D eigenvalue weighted by atomic mass is 10.1. The summed E-state index contributed by atoms with van der Waals surface area (Å²) in [6.45, 7) is 4.35. The molecule has 0 amide bonds. The van der Waals surface area contributed by atoms with Crippen molar-refractivity contribution in [3.05, 3.63) is 53.6 Å². The van der Waals surface area contributed by atoms with Crippen molar-refractivity contribution < 1.29 is 19.3 Å². The van der Waals surface area contributed by atoms with E-state index in [-0.39, 0.29) is 13.2 Å². The second-order valence-corrected chi connectivity index (χ2v) is 5.52. The van der Waals surface area contributed by atoms with E-state index in [2.05, 4.69) is 11.4 Å². The molecule has 0 atom stereocenters. The molecule has 2 N–H and O–H groups in total. The van der Waals surface area contributed by atoms with Gasteiger partial charge in [-0.25, -0.2) is 0 Å². The molecule has 0 aliphatic carbocycles. The Morgan fingerprint density at radius 1 is 1.00 bits per heavy atom. The molecule has 0 heterocycles. The number of aliphatic hydroxyl groups is 1. The standard InChI is InChI=1S/C20H27NO4/c1-3-24-20-14-16(8-9-19(20)25-13-12-22)15-21-11-10-17-6-4-5-7-18(17)23-2/h4-9,14,21-22H,3,10-13,15H2,1-2H3. The molecule has 136 valence electrons. The molecule has 0 fully saturated rings. The number of ether oxygens (including phenoxy) is 3. The predicted octanol–water partition coefficient (Wildman–Crippen LogP) is 2.80. The number of nitrogens with one attached hydrogen (secondary N) is 1. The maximum Gasteiger partial charge on any atom is 0.161 e. The van der Waals surface area contributed by atoms with Crippen LogP contribution in [0.5, 0.6) is 17.2 Å². The zero-order chi connectivity index (χ0) is 17.9. The van der Waals surface area contributed by atoms with Crippen molar-refractivity contribution in [2.75, 3.05) is 33.5 Å². The van der Waals surface area contributed by atoms with Crippen LogP contribution in [0.4, 0.5) is 0 Å². The van der Waals surface area contributed by atoms with Crippen LogP contribution in [0.25, 0.3) is 0 Å². The van der Waals surface area contributed by atoms with E-state index in [0.717, 1.165) is 30.8 Å². The fraction of sp³-hybridized carbons (Fsp3) is 0.400. The van der Waals surface area contributed by atoms with Gasteiger partial charge in [-0.15, -0.1) is 0 Å². The number of benzene rings is 2. The van der Waals surface area contributed by atoms with Crippen LogP contribution in [0.1, 0.15) is 18.1 Å². The van der Waals surface area contributed by atoms with Gasteiger partial charge in [0.1, 0.15) is 12.4 Å². The Labute approximate surface area is 149 Å². The largest absolute Gasteiger partial charge is 0.496 e. The van der Waals surface area contributed by atoms with Crippen LogP contribution in [0, 0.1) is 0 Å². The maximum absolute atomic E-state index is 8.89. The number of para-hydroxylation sites is 1. The topological polar surface area (TPSA) is 60.0 Å². The summed E-state index contributed by atoms with van der Waals surface area (Å²) in [7, 11) is 1.70. The van der Waals surface area contributed by atoms with Gasteiger partial charge in [0.15, 0.2) is 11.5 Å². The number of rotatable bonds is 11. The van der Waals surface area contributed by atoms with Gasteiger partial charge < -0.3 is 24.6 Å². The Morgan fingerprint density at radius 3 is 2.60 bits per heavy atom. The lowest BCUT2D eigenvalue weighted by Gasteiger charge is -2.13. The van der Waals surface area contributed by atoms with Crippen molar-refractivity contribution in [2.24, 2.45) is 0 Å². The zero-order valence-electron chi connectivity index (χ0n) is 15.0. The highest BCUT2D eigenvalue weighted by Gasteiger charge is 2.07. The van der Waals surface area contributed by atoms with Gasteiger partial charge in [0, 0.05) is 6.54 Å². The molecule has 0 unspecified atom stereocenters. The molecule has 2 aromatic carbocycles. The van der Waals surface area contributed by atoms with Crippen molar-refractivity contribution in [2.45, 2.75) is 19.9 Å². The molecular formula is C20H27NO4. The van der Waals surface area contributed by atoms with E-state index in [1.807, 2.05) is 43.3 Å². The molecule has 0 aromatic heterocycles. The van der Waals surface area contributed by atoms with E-state index in [4.69, 9.17) is 19.3 Å². The molecule has 0 saturated carbocycles. The van der Waals surface area contributed by atoms with E-state index in [1.54, 1.807) is 7.11 Å². The SMILES string of the molecule is CCOc1cc(CNCCc2ccccc2OC)ccc1OCCO. The molecule has 25 heavy (non-hydrogen) atoms. The van der Waals surface area contributed by atoms with E-state index in [9.17, 15) is 0 Å². The average Bonchev–Trinajstić information content (AvgIpc) is 2.65. The first-order valence-corrected chi connectivity index (χ1v) is 8.60. The summed E-state index contributed by atoms with van der Waals surface area (Å²) in [5.74, 6) is 2.29. The minimum atomic E-state index is -0.0161. The van der Waals surface area contributed by atoms with Crippen molar-refractivity contribution in [1.29, 1.82) is 0 Å². The molecule has 2 rings (SSSR count). The Balaban J connectivity index is 1.88. The number of methoxy groups -OCH3 is 1. The normalized spacial score (nSPS) is 10.5. The Morgan fingerprint density at radius 2 is 1.84 bits per heavy atom. The van der Waals surface area contributed by atoms with Crippen LogP contribution < -0.4 is 19.5 Å². The summed E-state index contributed by atoms with van der Waals surface area (Å²) in [5, 5.41) is 12.3. The number of hydrogen-bond donors (Lipinski definition) is 2. The second kappa shape index (κ2) is 10.6. The van der Waals surface area contributed by atoms with Gasteiger partial charge in [-0.1, -0.05) is 24.3 Å². The first-order chi connectivity index (χ1) is 12.3. The monoisotopic (exact) mass is 345 g/mol. The first-order valence-electron chi connectivity index (χ1n) is 8.60. The smallest absolute Gasteiger partial charge is 0.161 e. The summed E-state index contributed by atoms with van der Waals surface area (Å²) >= 11 is 0. The summed E-state index contributed by atoms with van der Waals surface area (Å²) in [6, 6.07) is 13.9. The average molecular weight is 345 g/mol. The first kappa shape index (κ1) is 19.1. The molecule has 0 saturated heterocycles. The van der Waals surface area contributed by atoms with Crippen LogP contribution in [0.15, 0.2) is 42.5 Å². The van der Waals surface area contributed by atoms with Crippen molar-refractivity contribution in [1.82, 2.24) is 5.32 Å². The summed E-state index contributed by atoms with van der Waals surface area (Å²) in [6.07, 6.45) is 0.903. The van der Waals surface area contributed by atoms with E-state index < -0.39 is 0 Å². The maximum atomic E-state index is 8.89. The number of hydrogen-bond acceptors (Lipinski definition) is 5. The van der Waals surface area contributed by atoms with Crippen LogP contribution in [-0.4, -0.2) is 38.6 Å². The van der Waals surface area contributed by atoms with Gasteiger partial charge >= 0.3 is 0 Å². The third-order valence-corrected chi connectivity index (χ3v) is 3.75. The van der Waals surface area contributed by atoms with Crippen molar-refractivity contribution >= 4 is 0 Å².